The van der Waals surface area contributed by atoms with E-state index in [0.29, 0.717) is 6.61 Å². The smallest absolute Gasteiger partial charge is 0.133 e. The predicted molar refractivity (Wildman–Crippen MR) is 78.2 cm³/mol. The number of nitrogens with one attached hydrogen (secondary N) is 1. The van der Waals surface area contributed by atoms with Crippen molar-refractivity contribution < 1.29 is 9.47 Å². The number of hydrogen-bond donors (Lipinski definition) is 1. The lowest BCUT2D eigenvalue weighted by molar-refractivity contribution is 0.112. The van der Waals surface area contributed by atoms with Crippen LogP contribution < -0.4 is 10.1 Å². The molecule has 1 atom stereocenters. The second-order valence-corrected chi connectivity index (χ2v) is 4.93. The van der Waals surface area contributed by atoms with Crippen molar-refractivity contribution in [3.8, 4) is 5.75 Å². The predicted octanol–water partition coefficient (Wildman–Crippen LogP) is 3.53. The third-order valence-corrected chi connectivity index (χ3v) is 3.28. The maximum atomic E-state index is 5.64. The van der Waals surface area contributed by atoms with Gasteiger partial charge in [-0.1, -0.05) is 19.9 Å². The molecule has 0 fully saturated rings. The van der Waals surface area contributed by atoms with Gasteiger partial charge in [0.1, 0.15) is 5.75 Å². The minimum atomic E-state index is 0.226. The molecule has 3 nitrogen and oxygen atoms in total. The highest BCUT2D eigenvalue weighted by atomic mass is 79.9. The Hall–Kier alpha value is -0.580. The molecule has 102 valence electrons. The van der Waals surface area contributed by atoms with Gasteiger partial charge in [-0.05, 0) is 46.6 Å². The van der Waals surface area contributed by atoms with Gasteiger partial charge in [-0.25, -0.2) is 0 Å². The van der Waals surface area contributed by atoms with Gasteiger partial charge in [0.15, 0.2) is 0 Å². The van der Waals surface area contributed by atoms with E-state index in [1.54, 1.807) is 7.11 Å². The maximum absolute atomic E-state index is 5.64. The Morgan fingerprint density at radius 2 is 2.11 bits per heavy atom. The van der Waals surface area contributed by atoms with E-state index >= 15 is 0 Å². The minimum Gasteiger partial charge on any atom is -0.496 e. The quantitative estimate of drug-likeness (QED) is 0.744. The Morgan fingerprint density at radius 1 is 1.33 bits per heavy atom. The average Bonchev–Trinajstić information content (AvgIpc) is 2.38. The molecular weight excluding hydrogens is 294 g/mol. The van der Waals surface area contributed by atoms with Gasteiger partial charge in [-0.15, -0.1) is 0 Å². The maximum Gasteiger partial charge on any atom is 0.133 e. The summed E-state index contributed by atoms with van der Waals surface area (Å²) in [7, 11) is 1.67. The van der Waals surface area contributed by atoms with Crippen LogP contribution in [-0.4, -0.2) is 26.9 Å². The SMILES string of the molecule is CCCOCC(NCC)c1ccc(OC)c(Br)c1. The molecule has 1 rings (SSSR count). The fourth-order valence-corrected chi connectivity index (χ4v) is 2.32. The largest absolute Gasteiger partial charge is 0.496 e. The number of likely N-dealkylation sites (N-methyl/N-ethyl adjacent to an activating group) is 1. The van der Waals surface area contributed by atoms with Crippen LogP contribution in [-0.2, 0) is 4.74 Å². The molecule has 1 N–H and O–H groups in total. The summed E-state index contributed by atoms with van der Waals surface area (Å²) < 4.78 is 11.9. The number of ether oxygens (including phenoxy) is 2. The van der Waals surface area contributed by atoms with Crippen LogP contribution in [0, 0.1) is 0 Å². The van der Waals surface area contributed by atoms with Crippen LogP contribution in [0.4, 0.5) is 0 Å². The molecule has 0 saturated heterocycles. The van der Waals surface area contributed by atoms with Crippen molar-refractivity contribution in [2.24, 2.45) is 0 Å². The van der Waals surface area contributed by atoms with E-state index in [1.165, 1.54) is 5.56 Å². The van der Waals surface area contributed by atoms with Crippen molar-refractivity contribution in [3.63, 3.8) is 0 Å². The van der Waals surface area contributed by atoms with E-state index in [4.69, 9.17) is 9.47 Å². The topological polar surface area (TPSA) is 30.5 Å². The van der Waals surface area contributed by atoms with Gasteiger partial charge in [0.2, 0.25) is 0 Å². The second kappa shape index (κ2) is 8.51. The highest BCUT2D eigenvalue weighted by Crippen LogP contribution is 2.28. The molecule has 0 aliphatic rings. The molecule has 0 bridgehead atoms. The molecule has 4 heteroatoms. The molecule has 0 aromatic heterocycles. The molecule has 18 heavy (non-hydrogen) atoms. The lowest BCUT2D eigenvalue weighted by Gasteiger charge is -2.19. The van der Waals surface area contributed by atoms with Gasteiger partial charge in [0, 0.05) is 6.61 Å². The molecular formula is C14H22BrNO2. The van der Waals surface area contributed by atoms with Gasteiger partial charge in [0.05, 0.1) is 24.2 Å². The summed E-state index contributed by atoms with van der Waals surface area (Å²) in [4.78, 5) is 0. The Morgan fingerprint density at radius 3 is 2.67 bits per heavy atom. The number of hydrogen-bond acceptors (Lipinski definition) is 3. The van der Waals surface area contributed by atoms with Crippen molar-refractivity contribution in [1.82, 2.24) is 5.32 Å². The Kier molecular flexibility index (Phi) is 7.32. The van der Waals surface area contributed by atoms with Crippen LogP contribution in [0.1, 0.15) is 31.9 Å². The van der Waals surface area contributed by atoms with Crippen LogP contribution >= 0.6 is 15.9 Å². The van der Waals surface area contributed by atoms with E-state index < -0.39 is 0 Å². The first-order chi connectivity index (χ1) is 8.72. The van der Waals surface area contributed by atoms with E-state index in [9.17, 15) is 0 Å². The summed E-state index contributed by atoms with van der Waals surface area (Å²) >= 11 is 3.51. The van der Waals surface area contributed by atoms with Crippen molar-refractivity contribution in [3.05, 3.63) is 28.2 Å². The summed E-state index contributed by atoms with van der Waals surface area (Å²) in [6.45, 7) is 6.64. The average molecular weight is 316 g/mol. The molecule has 1 aromatic rings. The minimum absolute atomic E-state index is 0.226. The van der Waals surface area contributed by atoms with Crippen molar-refractivity contribution in [2.75, 3.05) is 26.9 Å². The van der Waals surface area contributed by atoms with Gasteiger partial charge in [0.25, 0.3) is 0 Å². The Bertz CT molecular complexity index is 358. The van der Waals surface area contributed by atoms with Crippen LogP contribution in [0.3, 0.4) is 0 Å². The van der Waals surface area contributed by atoms with Crippen LogP contribution in [0.5, 0.6) is 5.75 Å². The summed E-state index contributed by atoms with van der Waals surface area (Å²) in [5, 5.41) is 3.44. The number of rotatable bonds is 8. The molecule has 1 unspecified atom stereocenters. The molecule has 0 aliphatic carbocycles. The summed E-state index contributed by atoms with van der Waals surface area (Å²) in [5.41, 5.74) is 1.21. The molecule has 0 heterocycles. The first-order valence-electron chi connectivity index (χ1n) is 6.37. The molecule has 0 radical (unpaired) electrons. The molecule has 0 aliphatic heterocycles. The lowest BCUT2D eigenvalue weighted by atomic mass is 10.1. The lowest BCUT2D eigenvalue weighted by Crippen LogP contribution is -2.25. The zero-order valence-corrected chi connectivity index (χ0v) is 12.9. The van der Waals surface area contributed by atoms with Crippen LogP contribution in [0.2, 0.25) is 0 Å². The first kappa shape index (κ1) is 15.5. The van der Waals surface area contributed by atoms with Crippen molar-refractivity contribution in [2.45, 2.75) is 26.3 Å². The van der Waals surface area contributed by atoms with E-state index in [2.05, 4.69) is 47.2 Å². The Labute approximate surface area is 118 Å². The van der Waals surface area contributed by atoms with Crippen molar-refractivity contribution in [1.29, 1.82) is 0 Å². The first-order valence-corrected chi connectivity index (χ1v) is 7.16. The Balaban J connectivity index is 2.74. The third kappa shape index (κ3) is 4.59. The molecule has 1 aromatic carbocycles. The third-order valence-electron chi connectivity index (χ3n) is 2.66. The van der Waals surface area contributed by atoms with E-state index in [-0.39, 0.29) is 6.04 Å². The number of halogens is 1. The second-order valence-electron chi connectivity index (χ2n) is 4.08. The zero-order valence-electron chi connectivity index (χ0n) is 11.3. The van der Waals surface area contributed by atoms with E-state index in [0.717, 1.165) is 29.8 Å². The van der Waals surface area contributed by atoms with Gasteiger partial charge >= 0.3 is 0 Å². The molecule has 0 spiro atoms. The molecule has 0 saturated carbocycles. The zero-order chi connectivity index (χ0) is 13.4. The van der Waals surface area contributed by atoms with Crippen LogP contribution in [0.25, 0.3) is 0 Å². The number of methoxy groups -OCH3 is 1. The summed E-state index contributed by atoms with van der Waals surface area (Å²) in [5.74, 6) is 0.850. The highest BCUT2D eigenvalue weighted by molar-refractivity contribution is 9.10. The highest BCUT2D eigenvalue weighted by Gasteiger charge is 2.12. The normalized spacial score (nSPS) is 12.4. The van der Waals surface area contributed by atoms with Gasteiger partial charge in [-0.3, -0.25) is 0 Å². The van der Waals surface area contributed by atoms with Crippen molar-refractivity contribution >= 4 is 15.9 Å². The summed E-state index contributed by atoms with van der Waals surface area (Å²) in [6.07, 6.45) is 1.05. The standard InChI is InChI=1S/C14H22BrNO2/c1-4-8-18-10-13(16-5-2)11-6-7-14(17-3)12(15)9-11/h6-7,9,13,16H,4-5,8,10H2,1-3H3. The fraction of sp³-hybridized carbons (Fsp3) is 0.571. The number of benzene rings is 1. The van der Waals surface area contributed by atoms with Gasteiger partial charge < -0.3 is 14.8 Å². The monoisotopic (exact) mass is 315 g/mol. The van der Waals surface area contributed by atoms with E-state index in [1.807, 2.05) is 6.07 Å². The van der Waals surface area contributed by atoms with Crippen LogP contribution in [0.15, 0.2) is 22.7 Å². The van der Waals surface area contributed by atoms with Gasteiger partial charge in [-0.2, -0.15) is 0 Å². The fourth-order valence-electron chi connectivity index (χ4n) is 1.76. The molecule has 0 amide bonds. The summed E-state index contributed by atoms with van der Waals surface area (Å²) in [6, 6.07) is 6.36.